The minimum atomic E-state index is -1.52. The number of rotatable bonds is 6. The van der Waals surface area contributed by atoms with Gasteiger partial charge in [-0.2, -0.15) is 0 Å². The van der Waals surface area contributed by atoms with Gasteiger partial charge in [0.15, 0.2) is 0 Å². The molecule has 0 aromatic heterocycles. The van der Waals surface area contributed by atoms with Crippen molar-refractivity contribution in [3.63, 3.8) is 0 Å². The summed E-state index contributed by atoms with van der Waals surface area (Å²) in [6.07, 6.45) is 0.632. The van der Waals surface area contributed by atoms with Crippen molar-refractivity contribution in [3.8, 4) is 11.5 Å². The molecule has 0 aliphatic carbocycles. The summed E-state index contributed by atoms with van der Waals surface area (Å²) in [6, 6.07) is 12.9. The molecule has 0 radical (unpaired) electrons. The van der Waals surface area contributed by atoms with E-state index >= 15 is 0 Å². The standard InChI is InChI=1S/C17H15NO5.O.V/c19-15-9-5-4-6-12(15)11-18-14(17(21)22)10-16(20)23-13-7-2-1-3-8-13;;/h1-9,11,14,19H,10H2,(H,21,22);;/q;;+2/p-2. The molecule has 2 aromatic rings. The molecule has 25 heavy (non-hydrogen) atoms. The Bertz CT molecular complexity index is 735. The molecule has 0 aliphatic rings. The van der Waals surface area contributed by atoms with Gasteiger partial charge >= 0.3 is 27.0 Å². The first-order valence-corrected chi connectivity index (χ1v) is 7.57. The number of nitrogens with zero attached hydrogens (tertiary/aromatic N) is 1. The van der Waals surface area contributed by atoms with E-state index in [0.717, 1.165) is 23.6 Å². The number of hydrogen-bond acceptors (Lipinski definition) is 7. The summed E-state index contributed by atoms with van der Waals surface area (Å²) < 4.78 is 13.2. The predicted molar refractivity (Wildman–Crippen MR) is 79.7 cm³/mol. The molecule has 0 heterocycles. The summed E-state index contributed by atoms with van der Waals surface area (Å²) in [6.45, 7) is 0. The van der Waals surface area contributed by atoms with Gasteiger partial charge in [0.25, 0.3) is 0 Å². The number of aliphatic imine (C=N–C) groups is 1. The third-order valence-corrected chi connectivity index (χ3v) is 2.92. The molecule has 0 saturated carbocycles. The number of esters is 1. The van der Waals surface area contributed by atoms with Gasteiger partial charge in [-0.1, -0.05) is 42.5 Å². The molecule has 0 amide bonds. The molecule has 1 atom stereocenters. The van der Waals surface area contributed by atoms with Gasteiger partial charge in [-0.05, 0) is 17.7 Å². The van der Waals surface area contributed by atoms with Gasteiger partial charge in [0.2, 0.25) is 0 Å². The molecule has 2 aromatic carbocycles. The Morgan fingerprint density at radius 1 is 1.08 bits per heavy atom. The zero-order chi connectivity index (χ0) is 18.7. The first-order valence-electron chi connectivity index (χ1n) is 7.00. The quantitative estimate of drug-likeness (QED) is 0.402. The Labute approximate surface area is 153 Å². The monoisotopic (exact) mass is 378 g/mol. The van der Waals surface area contributed by atoms with Gasteiger partial charge in [-0.15, -0.1) is 5.75 Å². The molecule has 0 spiro atoms. The van der Waals surface area contributed by atoms with Crippen molar-refractivity contribution in [2.45, 2.75) is 12.5 Å². The predicted octanol–water partition coefficient (Wildman–Crippen LogP) is 0.172. The van der Waals surface area contributed by atoms with E-state index in [1.807, 2.05) is 0 Å². The second kappa shape index (κ2) is 10.9. The second-order valence-corrected chi connectivity index (χ2v) is 4.64. The summed E-state index contributed by atoms with van der Waals surface area (Å²) in [5.74, 6) is -2.25. The summed E-state index contributed by atoms with van der Waals surface area (Å²) in [5, 5.41) is 22.6. The van der Waals surface area contributed by atoms with Gasteiger partial charge in [-0.3, -0.25) is 9.79 Å². The summed E-state index contributed by atoms with van der Waals surface area (Å²) in [5.41, 5.74) is 0.232. The SMILES string of the molecule is O=C(CC(N=Cc1ccccc1[O-])C(=O)[O-])Oc1ccccc1.[O]=[V+2]. The van der Waals surface area contributed by atoms with Crippen LogP contribution in [-0.2, 0) is 30.6 Å². The summed E-state index contributed by atoms with van der Waals surface area (Å²) >= 11 is 1.06. The fraction of sp³-hybridized carbons (Fsp3) is 0.118. The van der Waals surface area contributed by atoms with Crippen LogP contribution in [0.5, 0.6) is 11.5 Å². The average molecular weight is 378 g/mol. The Morgan fingerprint density at radius 2 is 1.68 bits per heavy atom. The normalized spacial score (nSPS) is 11.3. The van der Waals surface area contributed by atoms with E-state index in [1.54, 1.807) is 42.5 Å². The van der Waals surface area contributed by atoms with Gasteiger partial charge in [0.1, 0.15) is 5.75 Å². The van der Waals surface area contributed by atoms with Crippen molar-refractivity contribution in [2.75, 3.05) is 0 Å². The first kappa shape index (κ1) is 20.3. The van der Waals surface area contributed by atoms with E-state index in [4.69, 9.17) is 8.41 Å². The third kappa shape index (κ3) is 7.11. The van der Waals surface area contributed by atoms with Crippen LogP contribution in [0.3, 0.4) is 0 Å². The van der Waals surface area contributed by atoms with Crippen molar-refractivity contribution in [3.05, 3.63) is 60.2 Å². The van der Waals surface area contributed by atoms with Crippen molar-refractivity contribution >= 4 is 18.2 Å². The van der Waals surface area contributed by atoms with Crippen molar-refractivity contribution in [1.82, 2.24) is 0 Å². The summed E-state index contributed by atoms with van der Waals surface area (Å²) in [4.78, 5) is 26.6. The van der Waals surface area contributed by atoms with E-state index in [-0.39, 0.29) is 11.3 Å². The molecule has 0 fully saturated rings. The number of para-hydroxylation sites is 2. The van der Waals surface area contributed by atoms with Crippen molar-refractivity contribution < 1.29 is 45.6 Å². The van der Waals surface area contributed by atoms with E-state index < -0.39 is 24.4 Å². The Balaban J connectivity index is 0.00000151. The van der Waals surface area contributed by atoms with Crippen LogP contribution in [0.1, 0.15) is 12.0 Å². The molecule has 2 rings (SSSR count). The number of carbonyl (C=O) groups excluding carboxylic acids is 2. The van der Waals surface area contributed by atoms with Crippen LogP contribution in [0.4, 0.5) is 0 Å². The van der Waals surface area contributed by atoms with E-state index in [2.05, 4.69) is 4.99 Å². The molecule has 0 bridgehead atoms. The molecular weight excluding hydrogens is 365 g/mol. The van der Waals surface area contributed by atoms with Crippen LogP contribution in [-0.4, -0.2) is 24.2 Å². The Morgan fingerprint density at radius 3 is 2.28 bits per heavy atom. The van der Waals surface area contributed by atoms with Crippen molar-refractivity contribution in [1.29, 1.82) is 0 Å². The molecule has 127 valence electrons. The Kier molecular flexibility index (Phi) is 8.85. The molecular formula is C17H13NO6V. The zero-order valence-corrected chi connectivity index (χ0v) is 14.3. The number of benzene rings is 2. The number of hydrogen-bond donors (Lipinski definition) is 0. The third-order valence-electron chi connectivity index (χ3n) is 2.92. The first-order chi connectivity index (χ1) is 12.1. The van der Waals surface area contributed by atoms with Gasteiger partial charge < -0.3 is 19.7 Å². The zero-order valence-electron chi connectivity index (χ0n) is 12.9. The van der Waals surface area contributed by atoms with Gasteiger partial charge in [0, 0.05) is 6.21 Å². The molecule has 0 N–H and O–H groups in total. The molecule has 0 aliphatic heterocycles. The number of carboxylic acids is 1. The second-order valence-electron chi connectivity index (χ2n) is 4.64. The number of carbonyl (C=O) groups is 2. The molecule has 8 heteroatoms. The van der Waals surface area contributed by atoms with Crippen LogP contribution in [0.2, 0.25) is 0 Å². The van der Waals surface area contributed by atoms with Crippen LogP contribution in [0.15, 0.2) is 59.6 Å². The van der Waals surface area contributed by atoms with Gasteiger partial charge in [0.05, 0.1) is 18.4 Å². The topological polar surface area (TPSA) is 119 Å². The van der Waals surface area contributed by atoms with Crippen LogP contribution >= 0.6 is 0 Å². The molecule has 0 saturated heterocycles. The number of ether oxygens (including phenoxy) is 1. The van der Waals surface area contributed by atoms with Crippen LogP contribution < -0.4 is 14.9 Å². The minimum absolute atomic E-state index is 0.232. The number of carboxylic acid groups (broad SMARTS) is 1. The van der Waals surface area contributed by atoms with E-state index in [0.29, 0.717) is 5.75 Å². The molecule has 7 nitrogen and oxygen atoms in total. The van der Waals surface area contributed by atoms with E-state index in [9.17, 15) is 19.8 Å². The fourth-order valence-electron chi connectivity index (χ4n) is 1.77. The molecule has 1 unspecified atom stereocenters. The Hall–Kier alpha value is -2.77. The van der Waals surface area contributed by atoms with Gasteiger partial charge in [-0.25, -0.2) is 0 Å². The summed E-state index contributed by atoms with van der Waals surface area (Å²) in [7, 11) is 0. The average Bonchev–Trinajstić information content (AvgIpc) is 2.62. The maximum absolute atomic E-state index is 11.8. The van der Waals surface area contributed by atoms with E-state index in [1.165, 1.54) is 12.1 Å². The fourth-order valence-corrected chi connectivity index (χ4v) is 1.77. The van der Waals surface area contributed by atoms with Crippen LogP contribution in [0, 0.1) is 0 Å². The van der Waals surface area contributed by atoms with Crippen molar-refractivity contribution in [2.24, 2.45) is 4.99 Å². The van der Waals surface area contributed by atoms with Crippen LogP contribution in [0.25, 0.3) is 0 Å². The number of aliphatic carboxylic acids is 1. The maximum atomic E-state index is 11.8.